The van der Waals surface area contributed by atoms with Gasteiger partial charge in [-0.25, -0.2) is 8.70 Å². The average Bonchev–Trinajstić information content (AvgIpc) is 2.82. The van der Waals surface area contributed by atoms with E-state index in [2.05, 4.69) is 5.32 Å². The van der Waals surface area contributed by atoms with Gasteiger partial charge in [0.05, 0.1) is 5.69 Å². The fourth-order valence-electron chi connectivity index (χ4n) is 3.52. The van der Waals surface area contributed by atoms with Gasteiger partial charge in [-0.2, -0.15) is 12.7 Å². The zero-order valence-corrected chi connectivity index (χ0v) is 22.9. The van der Waals surface area contributed by atoms with Crippen molar-refractivity contribution in [3.05, 3.63) is 65.0 Å². The molecule has 0 saturated carbocycles. The van der Waals surface area contributed by atoms with E-state index in [1.54, 1.807) is 26.0 Å². The van der Waals surface area contributed by atoms with E-state index >= 15 is 0 Å². The number of halogens is 1. The van der Waals surface area contributed by atoms with Gasteiger partial charge in [0.2, 0.25) is 11.8 Å². The van der Waals surface area contributed by atoms with Crippen LogP contribution in [0.5, 0.6) is 0 Å². The van der Waals surface area contributed by atoms with Crippen LogP contribution < -0.4 is 9.62 Å². The molecule has 0 unspecified atom stereocenters. The third-order valence-corrected chi connectivity index (χ3v) is 7.89. The molecule has 0 heterocycles. The van der Waals surface area contributed by atoms with Crippen LogP contribution in [0.1, 0.15) is 43.9 Å². The minimum Gasteiger partial charge on any atom is -0.352 e. The molecule has 198 valence electrons. The quantitative estimate of drug-likeness (QED) is 0.492. The van der Waals surface area contributed by atoms with Crippen LogP contribution in [0.4, 0.5) is 10.1 Å². The van der Waals surface area contributed by atoms with E-state index in [-0.39, 0.29) is 18.5 Å². The first kappa shape index (κ1) is 29.3. The highest BCUT2D eigenvalue weighted by Gasteiger charge is 2.33. The van der Waals surface area contributed by atoms with Crippen LogP contribution in [-0.2, 0) is 26.3 Å². The van der Waals surface area contributed by atoms with Crippen molar-refractivity contribution < 1.29 is 22.4 Å². The lowest BCUT2D eigenvalue weighted by atomic mass is 10.1. The fourth-order valence-corrected chi connectivity index (χ4v) is 4.64. The summed E-state index contributed by atoms with van der Waals surface area (Å²) in [5.74, 6) is -1.33. The predicted molar refractivity (Wildman–Crippen MR) is 140 cm³/mol. The van der Waals surface area contributed by atoms with E-state index in [4.69, 9.17) is 0 Å². The SMILES string of the molecule is CC[C@@H](C)NC(=O)[C@@H](C)N(Cc1ccc(F)cc1)C(=O)CN(c1cc(C)ccc1C)S(=O)(=O)N(C)C. The van der Waals surface area contributed by atoms with Crippen molar-refractivity contribution in [2.75, 3.05) is 24.9 Å². The molecule has 0 spiro atoms. The zero-order chi connectivity index (χ0) is 27.2. The molecule has 0 radical (unpaired) electrons. The largest absolute Gasteiger partial charge is 0.352 e. The monoisotopic (exact) mass is 520 g/mol. The average molecular weight is 521 g/mol. The minimum atomic E-state index is -4.04. The summed E-state index contributed by atoms with van der Waals surface area (Å²) in [5, 5.41) is 2.88. The molecule has 8 nitrogen and oxygen atoms in total. The molecule has 0 aromatic heterocycles. The second-order valence-corrected chi connectivity index (χ2v) is 11.3. The van der Waals surface area contributed by atoms with Gasteiger partial charge >= 0.3 is 10.2 Å². The number of nitrogens with one attached hydrogen (secondary N) is 1. The van der Waals surface area contributed by atoms with Gasteiger partial charge in [-0.3, -0.25) is 9.59 Å². The number of aryl methyl sites for hydroxylation is 2. The second-order valence-electron chi connectivity index (χ2n) is 9.23. The molecule has 0 fully saturated rings. The Bertz CT molecular complexity index is 1170. The van der Waals surface area contributed by atoms with Gasteiger partial charge in [-0.05, 0) is 69.0 Å². The molecule has 2 atom stereocenters. The zero-order valence-electron chi connectivity index (χ0n) is 22.1. The molecule has 36 heavy (non-hydrogen) atoms. The molecular weight excluding hydrogens is 483 g/mol. The Kier molecular flexibility index (Phi) is 10.0. The van der Waals surface area contributed by atoms with Crippen LogP contribution >= 0.6 is 0 Å². The number of carbonyl (C=O) groups excluding carboxylic acids is 2. The molecule has 0 saturated heterocycles. The summed E-state index contributed by atoms with van der Waals surface area (Å²) in [7, 11) is -1.24. The standard InChI is InChI=1S/C26H37FN4O4S/c1-8-20(4)28-26(33)21(5)30(16-22-11-13-23(27)14-12-22)25(32)17-31(36(34,35)29(6)7)24-15-18(2)9-10-19(24)3/h9-15,20-21H,8,16-17H2,1-7H3,(H,28,33)/t20-,21-/m1/s1. The second kappa shape index (κ2) is 12.3. The van der Waals surface area contributed by atoms with Crippen LogP contribution in [0, 0.1) is 19.7 Å². The van der Waals surface area contributed by atoms with E-state index < -0.39 is 34.5 Å². The topological polar surface area (TPSA) is 90.0 Å². The van der Waals surface area contributed by atoms with Crippen LogP contribution in [0.25, 0.3) is 0 Å². The highest BCUT2D eigenvalue weighted by Crippen LogP contribution is 2.26. The lowest BCUT2D eigenvalue weighted by Crippen LogP contribution is -2.53. The van der Waals surface area contributed by atoms with E-state index in [0.717, 1.165) is 14.2 Å². The first-order chi connectivity index (χ1) is 16.8. The molecule has 2 aromatic rings. The van der Waals surface area contributed by atoms with E-state index in [0.29, 0.717) is 23.2 Å². The summed E-state index contributed by atoms with van der Waals surface area (Å²) in [6.07, 6.45) is 0.714. The first-order valence-electron chi connectivity index (χ1n) is 11.9. The molecular formula is C26H37FN4O4S. The van der Waals surface area contributed by atoms with Gasteiger partial charge in [0, 0.05) is 26.7 Å². The first-order valence-corrected chi connectivity index (χ1v) is 13.3. The molecule has 2 amide bonds. The molecule has 10 heteroatoms. The maximum absolute atomic E-state index is 13.7. The lowest BCUT2D eigenvalue weighted by molar-refractivity contribution is -0.139. The van der Waals surface area contributed by atoms with Crippen LogP contribution in [0.15, 0.2) is 42.5 Å². The number of nitrogens with zero attached hydrogens (tertiary/aromatic N) is 3. The fraction of sp³-hybridized carbons (Fsp3) is 0.462. The number of hydrogen-bond acceptors (Lipinski definition) is 4. The maximum Gasteiger partial charge on any atom is 0.304 e. The van der Waals surface area contributed by atoms with Crippen LogP contribution in [0.2, 0.25) is 0 Å². The van der Waals surface area contributed by atoms with Gasteiger partial charge in [0.1, 0.15) is 18.4 Å². The van der Waals surface area contributed by atoms with Crippen molar-refractivity contribution in [3.63, 3.8) is 0 Å². The number of anilines is 1. The molecule has 0 aliphatic rings. The van der Waals surface area contributed by atoms with Crippen molar-refractivity contribution >= 4 is 27.7 Å². The Morgan fingerprint density at radius 1 is 1.03 bits per heavy atom. The Morgan fingerprint density at radius 2 is 1.64 bits per heavy atom. The van der Waals surface area contributed by atoms with Gasteiger partial charge < -0.3 is 10.2 Å². The Hall–Kier alpha value is -2.98. The summed E-state index contributed by atoms with van der Waals surface area (Å²) in [6.45, 7) is 8.52. The predicted octanol–water partition coefficient (Wildman–Crippen LogP) is 3.39. The number of rotatable bonds is 11. The van der Waals surface area contributed by atoms with E-state index in [1.807, 2.05) is 26.8 Å². The molecule has 1 N–H and O–H groups in total. The number of hydrogen-bond donors (Lipinski definition) is 1. The number of amides is 2. The minimum absolute atomic E-state index is 0.0108. The van der Waals surface area contributed by atoms with Crippen molar-refractivity contribution in [2.45, 2.75) is 59.7 Å². The summed E-state index contributed by atoms with van der Waals surface area (Å²) in [5.41, 5.74) is 2.52. The highest BCUT2D eigenvalue weighted by atomic mass is 32.2. The number of carbonyl (C=O) groups is 2. The molecule has 0 aliphatic carbocycles. The summed E-state index contributed by atoms with van der Waals surface area (Å²) < 4.78 is 42.2. The third kappa shape index (κ3) is 7.27. The molecule has 0 bridgehead atoms. The lowest BCUT2D eigenvalue weighted by Gasteiger charge is -2.33. The van der Waals surface area contributed by atoms with E-state index in [9.17, 15) is 22.4 Å². The van der Waals surface area contributed by atoms with Gasteiger partial charge in [0.15, 0.2) is 0 Å². The highest BCUT2D eigenvalue weighted by molar-refractivity contribution is 7.90. The molecule has 2 aromatic carbocycles. The summed E-state index contributed by atoms with van der Waals surface area (Å²) in [4.78, 5) is 28.0. The van der Waals surface area contributed by atoms with Crippen molar-refractivity contribution in [1.82, 2.24) is 14.5 Å². The Balaban J connectivity index is 2.49. The smallest absolute Gasteiger partial charge is 0.304 e. The summed E-state index contributed by atoms with van der Waals surface area (Å²) >= 11 is 0. The molecule has 2 rings (SSSR count). The van der Waals surface area contributed by atoms with Crippen molar-refractivity contribution in [3.8, 4) is 0 Å². The van der Waals surface area contributed by atoms with Crippen molar-refractivity contribution in [1.29, 1.82) is 0 Å². The van der Waals surface area contributed by atoms with Crippen LogP contribution in [0.3, 0.4) is 0 Å². The van der Waals surface area contributed by atoms with E-state index in [1.165, 1.54) is 43.3 Å². The van der Waals surface area contributed by atoms with Crippen LogP contribution in [-0.4, -0.2) is 62.2 Å². The van der Waals surface area contributed by atoms with Gasteiger partial charge in [0.25, 0.3) is 0 Å². The number of benzene rings is 2. The van der Waals surface area contributed by atoms with Gasteiger partial charge in [-0.1, -0.05) is 31.2 Å². The summed E-state index contributed by atoms with van der Waals surface area (Å²) in [6, 6.07) is 10.0. The normalized spacial score (nSPS) is 13.2. The van der Waals surface area contributed by atoms with Gasteiger partial charge in [-0.15, -0.1) is 0 Å². The third-order valence-electron chi connectivity index (χ3n) is 6.09. The van der Waals surface area contributed by atoms with Crippen molar-refractivity contribution in [2.24, 2.45) is 0 Å². The Morgan fingerprint density at radius 3 is 2.19 bits per heavy atom. The molecule has 0 aliphatic heterocycles. The maximum atomic E-state index is 13.7. The Labute approximate surface area is 214 Å².